The zero-order valence-electron chi connectivity index (χ0n) is 15.5. The summed E-state index contributed by atoms with van der Waals surface area (Å²) in [6.07, 6.45) is 0. The number of ether oxygens (including phenoxy) is 1. The maximum absolute atomic E-state index is 12.7. The Morgan fingerprint density at radius 3 is 2.45 bits per heavy atom. The van der Waals surface area contributed by atoms with Gasteiger partial charge in [0.15, 0.2) is 5.13 Å². The molecule has 0 spiro atoms. The molecule has 0 radical (unpaired) electrons. The summed E-state index contributed by atoms with van der Waals surface area (Å²) in [6.45, 7) is 3.80. The predicted octanol–water partition coefficient (Wildman–Crippen LogP) is 4.10. The van der Waals surface area contributed by atoms with Crippen molar-refractivity contribution < 1.29 is 13.2 Å². The smallest absolute Gasteiger partial charge is 0.263 e. The molecule has 9 heteroatoms. The molecule has 1 aromatic heterocycles. The lowest BCUT2D eigenvalue weighted by molar-refractivity contribution is 0.0347. The van der Waals surface area contributed by atoms with Gasteiger partial charge in [-0.2, -0.15) is 0 Å². The molecular formula is C20H20ClN3O3S2. The van der Waals surface area contributed by atoms with Crippen LogP contribution >= 0.6 is 22.9 Å². The summed E-state index contributed by atoms with van der Waals surface area (Å²) >= 11 is 7.23. The van der Waals surface area contributed by atoms with Crippen molar-refractivity contribution in [2.24, 2.45) is 0 Å². The lowest BCUT2D eigenvalue weighted by Crippen LogP contribution is -2.35. The quantitative estimate of drug-likeness (QED) is 0.613. The lowest BCUT2D eigenvalue weighted by atomic mass is 10.1. The summed E-state index contributed by atoms with van der Waals surface area (Å²) in [5, 5.41) is 0.833. The van der Waals surface area contributed by atoms with Gasteiger partial charge in [-0.1, -0.05) is 53.3 Å². The van der Waals surface area contributed by atoms with Crippen LogP contribution in [-0.2, 0) is 21.3 Å². The zero-order valence-corrected chi connectivity index (χ0v) is 17.9. The first-order valence-corrected chi connectivity index (χ1v) is 11.8. The molecule has 0 unspecified atom stereocenters. The third-order valence-corrected chi connectivity index (χ3v) is 7.25. The fourth-order valence-electron chi connectivity index (χ4n) is 3.07. The molecule has 0 atom stereocenters. The Balaban J connectivity index is 1.64. The minimum absolute atomic E-state index is 0.146. The van der Waals surface area contributed by atoms with E-state index in [1.807, 2.05) is 30.3 Å². The first-order valence-electron chi connectivity index (χ1n) is 9.15. The number of halogens is 1. The van der Waals surface area contributed by atoms with Crippen molar-refractivity contribution in [3.63, 3.8) is 0 Å². The number of nitrogens with one attached hydrogen (secondary N) is 1. The molecule has 2 heterocycles. The van der Waals surface area contributed by atoms with Gasteiger partial charge < -0.3 is 4.74 Å². The largest absolute Gasteiger partial charge is 0.379 e. The highest BCUT2D eigenvalue weighted by atomic mass is 35.5. The first kappa shape index (κ1) is 20.3. The van der Waals surface area contributed by atoms with E-state index in [0.717, 1.165) is 29.2 Å². The van der Waals surface area contributed by atoms with Crippen molar-refractivity contribution in [3.8, 4) is 11.3 Å². The Hall–Kier alpha value is -1.97. The van der Waals surface area contributed by atoms with Crippen LogP contribution in [-0.4, -0.2) is 44.6 Å². The van der Waals surface area contributed by atoms with E-state index >= 15 is 0 Å². The molecule has 1 fully saturated rings. The second-order valence-corrected chi connectivity index (χ2v) is 9.81. The van der Waals surface area contributed by atoms with Gasteiger partial charge in [0.25, 0.3) is 10.0 Å². The maximum atomic E-state index is 12.7. The van der Waals surface area contributed by atoms with E-state index in [1.165, 1.54) is 23.5 Å². The summed E-state index contributed by atoms with van der Waals surface area (Å²) in [6, 6.07) is 15.9. The van der Waals surface area contributed by atoms with E-state index in [1.54, 1.807) is 12.1 Å². The maximum Gasteiger partial charge on any atom is 0.263 e. The van der Waals surface area contributed by atoms with Crippen LogP contribution in [0, 0.1) is 0 Å². The number of thiazole rings is 1. The number of benzene rings is 2. The number of nitrogens with zero attached hydrogens (tertiary/aromatic N) is 2. The van der Waals surface area contributed by atoms with E-state index < -0.39 is 10.0 Å². The number of sulfonamides is 1. The molecule has 1 aliphatic rings. The summed E-state index contributed by atoms with van der Waals surface area (Å²) < 4.78 is 33.5. The summed E-state index contributed by atoms with van der Waals surface area (Å²) in [5.74, 6) is 0. The van der Waals surface area contributed by atoms with Crippen LogP contribution < -0.4 is 4.72 Å². The van der Waals surface area contributed by atoms with Crippen molar-refractivity contribution in [1.82, 2.24) is 9.88 Å². The van der Waals surface area contributed by atoms with Crippen molar-refractivity contribution in [2.75, 3.05) is 31.0 Å². The van der Waals surface area contributed by atoms with Crippen molar-refractivity contribution in [3.05, 3.63) is 64.5 Å². The molecule has 0 bridgehead atoms. The monoisotopic (exact) mass is 449 g/mol. The number of anilines is 1. The Bertz CT molecular complexity index is 1060. The van der Waals surface area contributed by atoms with E-state index in [-0.39, 0.29) is 4.90 Å². The van der Waals surface area contributed by atoms with Gasteiger partial charge in [-0.3, -0.25) is 9.62 Å². The molecule has 1 aliphatic heterocycles. The molecule has 0 saturated carbocycles. The Morgan fingerprint density at radius 1 is 1.07 bits per heavy atom. The van der Waals surface area contributed by atoms with Crippen molar-refractivity contribution in [1.29, 1.82) is 0 Å². The predicted molar refractivity (Wildman–Crippen MR) is 116 cm³/mol. The van der Waals surface area contributed by atoms with E-state index in [2.05, 4.69) is 14.6 Å². The van der Waals surface area contributed by atoms with Crippen LogP contribution in [0.15, 0.2) is 59.5 Å². The van der Waals surface area contributed by atoms with Crippen molar-refractivity contribution >= 4 is 38.1 Å². The van der Waals surface area contributed by atoms with Gasteiger partial charge in [-0.25, -0.2) is 13.4 Å². The van der Waals surface area contributed by atoms with E-state index in [4.69, 9.17) is 16.3 Å². The molecule has 1 N–H and O–H groups in total. The summed E-state index contributed by atoms with van der Waals surface area (Å²) in [7, 11) is -3.74. The Labute approximate surface area is 179 Å². The highest BCUT2D eigenvalue weighted by Crippen LogP contribution is 2.33. The third kappa shape index (κ3) is 4.96. The van der Waals surface area contributed by atoms with E-state index in [9.17, 15) is 8.42 Å². The van der Waals surface area contributed by atoms with Gasteiger partial charge in [0.2, 0.25) is 0 Å². The van der Waals surface area contributed by atoms with E-state index in [0.29, 0.717) is 29.9 Å². The molecular weight excluding hydrogens is 430 g/mol. The van der Waals surface area contributed by atoms with Gasteiger partial charge in [0.1, 0.15) is 0 Å². The molecule has 1 saturated heterocycles. The number of hydrogen-bond acceptors (Lipinski definition) is 6. The summed E-state index contributed by atoms with van der Waals surface area (Å²) in [5.41, 5.74) is 1.76. The number of aromatic nitrogens is 1. The molecule has 4 rings (SSSR count). The average Bonchev–Trinajstić information content (AvgIpc) is 3.11. The topological polar surface area (TPSA) is 71.5 Å². The minimum atomic E-state index is -3.74. The lowest BCUT2D eigenvalue weighted by Gasteiger charge is -2.26. The second kappa shape index (κ2) is 8.81. The zero-order chi connectivity index (χ0) is 20.3. The van der Waals surface area contributed by atoms with Crippen LogP contribution in [0.1, 0.15) is 4.88 Å². The molecule has 6 nitrogen and oxygen atoms in total. The molecule has 2 aromatic carbocycles. The van der Waals surface area contributed by atoms with Crippen LogP contribution in [0.25, 0.3) is 11.3 Å². The van der Waals surface area contributed by atoms with Gasteiger partial charge >= 0.3 is 0 Å². The number of rotatable bonds is 6. The summed E-state index contributed by atoms with van der Waals surface area (Å²) in [4.78, 5) is 8.08. The molecule has 3 aromatic rings. The van der Waals surface area contributed by atoms with Crippen LogP contribution in [0.5, 0.6) is 0 Å². The van der Waals surface area contributed by atoms with Gasteiger partial charge in [-0.15, -0.1) is 0 Å². The average molecular weight is 450 g/mol. The van der Waals surface area contributed by atoms with Gasteiger partial charge in [0.05, 0.1) is 23.8 Å². The number of morpholine rings is 1. The normalized spacial score (nSPS) is 15.3. The fraction of sp³-hybridized carbons (Fsp3) is 0.250. The van der Waals surface area contributed by atoms with Crippen molar-refractivity contribution in [2.45, 2.75) is 11.4 Å². The second-order valence-electron chi connectivity index (χ2n) is 6.60. The van der Waals surface area contributed by atoms with Gasteiger partial charge in [0, 0.05) is 35.1 Å². The fourth-order valence-corrected chi connectivity index (χ4v) is 5.46. The SMILES string of the molecule is O=S(=O)(Nc1nc(-c2ccccc2)c(CN2CCOCC2)s1)c1ccc(Cl)cc1. The molecule has 29 heavy (non-hydrogen) atoms. The Kier molecular flexibility index (Phi) is 6.17. The third-order valence-electron chi connectivity index (χ3n) is 4.56. The highest BCUT2D eigenvalue weighted by Gasteiger charge is 2.21. The first-order chi connectivity index (χ1) is 14.0. The molecule has 0 aliphatic carbocycles. The van der Waals surface area contributed by atoms with Crippen LogP contribution in [0.3, 0.4) is 0 Å². The molecule has 0 amide bonds. The van der Waals surface area contributed by atoms with Gasteiger partial charge in [-0.05, 0) is 24.3 Å². The minimum Gasteiger partial charge on any atom is -0.379 e. The highest BCUT2D eigenvalue weighted by molar-refractivity contribution is 7.93. The van der Waals surface area contributed by atoms with Crippen LogP contribution in [0.2, 0.25) is 5.02 Å². The standard InChI is InChI=1S/C20H20ClN3O3S2/c21-16-6-8-17(9-7-16)29(25,26)23-20-22-19(15-4-2-1-3-5-15)18(28-20)14-24-10-12-27-13-11-24/h1-9H,10-14H2,(H,22,23). The molecule has 152 valence electrons. The number of hydrogen-bond donors (Lipinski definition) is 1. The van der Waals surface area contributed by atoms with Crippen LogP contribution in [0.4, 0.5) is 5.13 Å². The Morgan fingerprint density at radius 2 is 1.76 bits per heavy atom.